The van der Waals surface area contributed by atoms with Crippen LogP contribution in [0.1, 0.15) is 48.4 Å². The zero-order valence-corrected chi connectivity index (χ0v) is 21.0. The third kappa shape index (κ3) is 6.87. The second kappa shape index (κ2) is 12.8. The molecule has 1 aromatic carbocycles. The van der Waals surface area contributed by atoms with E-state index in [1.54, 1.807) is 17.4 Å². The summed E-state index contributed by atoms with van der Waals surface area (Å²) in [5, 5.41) is 23.4. The van der Waals surface area contributed by atoms with Crippen LogP contribution in [0.2, 0.25) is 0 Å². The zero-order valence-electron chi connectivity index (χ0n) is 21.0. The standard InChI is InChI=1S/C20H15F3N4O5.C2H4FNO.C2H6/c21-20(22,23)13-5-4-9(6-25-13)12-7-24-11-3-1-2-10-16(11)27(12)19(32)15(17(10)30)18(31)26-8-14(28)29;1-2(5)4-3;1-2/h1-6,12,24,30H,7-8H2,(H,26,31)(H,28,29);1H3,(H,4,5);1-2H3/p+1. The number of carboxylic acids is 1. The maximum Gasteiger partial charge on any atom is 0.433 e. The lowest BCUT2D eigenvalue weighted by atomic mass is 10.0. The number of nitrogens with one attached hydrogen (secondary N) is 2. The van der Waals surface area contributed by atoms with Crippen molar-refractivity contribution in [3.8, 4) is 5.75 Å². The summed E-state index contributed by atoms with van der Waals surface area (Å²) in [6.45, 7) is 4.55. The molecule has 1 atom stereocenters. The van der Waals surface area contributed by atoms with Crippen molar-refractivity contribution >= 4 is 34.4 Å². The molecule has 3 aromatic rings. The van der Waals surface area contributed by atoms with Gasteiger partial charge >= 0.3 is 12.1 Å². The van der Waals surface area contributed by atoms with Crippen LogP contribution in [0.25, 0.3) is 10.9 Å². The van der Waals surface area contributed by atoms with Gasteiger partial charge in [0.2, 0.25) is 5.91 Å². The molecule has 2 aromatic heterocycles. The van der Waals surface area contributed by atoms with Gasteiger partial charge in [-0.05, 0) is 17.7 Å². The third-order valence-corrected chi connectivity index (χ3v) is 5.33. The lowest BCUT2D eigenvalue weighted by Crippen LogP contribution is -2.81. The largest absolute Gasteiger partial charge is 0.506 e. The maximum atomic E-state index is 13.3. The number of amides is 2. The average Bonchev–Trinajstić information content (AvgIpc) is 2.91. The minimum absolute atomic E-state index is 0.170. The number of pyridine rings is 2. The highest BCUT2D eigenvalue weighted by Crippen LogP contribution is 2.34. The topological polar surface area (TPSA) is 167 Å². The summed E-state index contributed by atoms with van der Waals surface area (Å²) in [4.78, 5) is 49.4. The third-order valence-electron chi connectivity index (χ3n) is 5.33. The molecule has 0 saturated carbocycles. The molecule has 0 spiro atoms. The molecule has 3 heterocycles. The number of para-hydroxylation sites is 1. The van der Waals surface area contributed by atoms with Gasteiger partial charge in [0.15, 0.2) is 5.69 Å². The van der Waals surface area contributed by atoms with E-state index in [-0.39, 0.29) is 11.9 Å². The first-order valence-electron chi connectivity index (χ1n) is 11.5. The predicted octanol–water partition coefficient (Wildman–Crippen LogP) is 1.77. The molecule has 0 radical (unpaired) electrons. The molecule has 0 bridgehead atoms. The van der Waals surface area contributed by atoms with Crippen molar-refractivity contribution in [3.63, 3.8) is 0 Å². The molecular weight excluding hydrogens is 530 g/mol. The predicted molar refractivity (Wildman–Crippen MR) is 130 cm³/mol. The number of alkyl halides is 3. The number of aromatic hydroxyl groups is 1. The first kappa shape index (κ1) is 30.7. The van der Waals surface area contributed by atoms with Crippen molar-refractivity contribution in [1.82, 2.24) is 20.4 Å². The van der Waals surface area contributed by atoms with E-state index in [9.17, 15) is 41.9 Å². The number of rotatable bonds is 4. The Hall–Kier alpha value is -4.53. The van der Waals surface area contributed by atoms with Crippen LogP contribution >= 0.6 is 0 Å². The summed E-state index contributed by atoms with van der Waals surface area (Å²) in [5.41, 5.74) is -0.538. The van der Waals surface area contributed by atoms with Gasteiger partial charge in [-0.25, -0.2) is 0 Å². The second-order valence-corrected chi connectivity index (χ2v) is 7.80. The molecule has 1 aliphatic rings. The van der Waals surface area contributed by atoms with E-state index in [2.05, 4.69) is 10.3 Å². The molecule has 0 fully saturated rings. The highest BCUT2D eigenvalue weighted by molar-refractivity contribution is 6.04. The molecule has 2 amide bonds. The number of carbonyl (C=O) groups excluding carboxylic acids is 2. The van der Waals surface area contributed by atoms with Crippen LogP contribution in [-0.2, 0) is 15.8 Å². The highest BCUT2D eigenvalue weighted by Gasteiger charge is 2.35. The Balaban J connectivity index is 0.000000686. The van der Waals surface area contributed by atoms with Gasteiger partial charge in [-0.15, -0.1) is 4.48 Å². The van der Waals surface area contributed by atoms with E-state index in [1.165, 1.54) is 16.7 Å². The SMILES string of the molecule is CC.CC(=O)NF.O=C(O)CNC(=O)c1c(O)c2cccc3c2n(c1=O)C(c1ccc(C(F)(F)F)nc1)C[NH2+]3. The molecule has 210 valence electrons. The van der Waals surface area contributed by atoms with Crippen LogP contribution in [0.5, 0.6) is 5.75 Å². The van der Waals surface area contributed by atoms with E-state index >= 15 is 0 Å². The summed E-state index contributed by atoms with van der Waals surface area (Å²) in [7, 11) is 0. The van der Waals surface area contributed by atoms with Crippen LogP contribution in [-0.4, -0.2) is 50.6 Å². The van der Waals surface area contributed by atoms with Crippen LogP contribution in [0.3, 0.4) is 0 Å². The maximum absolute atomic E-state index is 13.3. The fourth-order valence-electron chi connectivity index (χ4n) is 3.79. The smallest absolute Gasteiger partial charge is 0.433 e. The van der Waals surface area contributed by atoms with Crippen molar-refractivity contribution in [2.24, 2.45) is 0 Å². The van der Waals surface area contributed by atoms with E-state index in [0.717, 1.165) is 24.7 Å². The molecule has 1 unspecified atom stereocenters. The van der Waals surface area contributed by atoms with E-state index in [4.69, 9.17) is 5.11 Å². The zero-order chi connectivity index (χ0) is 29.5. The first-order chi connectivity index (χ1) is 18.4. The number of nitrogens with zero attached hydrogens (tertiary/aromatic N) is 2. The normalized spacial score (nSPS) is 13.8. The van der Waals surface area contributed by atoms with Crippen molar-refractivity contribution in [2.75, 3.05) is 13.1 Å². The van der Waals surface area contributed by atoms with Gasteiger partial charge in [-0.1, -0.05) is 26.0 Å². The van der Waals surface area contributed by atoms with Crippen LogP contribution in [0.4, 0.5) is 23.3 Å². The first-order valence-corrected chi connectivity index (χ1v) is 11.5. The second-order valence-electron chi connectivity index (χ2n) is 7.80. The van der Waals surface area contributed by atoms with Gasteiger partial charge in [0.1, 0.15) is 41.7 Å². The van der Waals surface area contributed by atoms with Crippen molar-refractivity contribution in [2.45, 2.75) is 33.0 Å². The Morgan fingerprint density at radius 1 is 1.18 bits per heavy atom. The monoisotopic (exact) mass is 556 g/mol. The Morgan fingerprint density at radius 3 is 2.33 bits per heavy atom. The van der Waals surface area contributed by atoms with Gasteiger partial charge in [0.05, 0.1) is 0 Å². The molecule has 15 heteroatoms. The van der Waals surface area contributed by atoms with Crippen molar-refractivity contribution in [3.05, 3.63) is 63.7 Å². The van der Waals surface area contributed by atoms with E-state index < -0.39 is 59.1 Å². The van der Waals surface area contributed by atoms with Crippen LogP contribution in [0.15, 0.2) is 41.3 Å². The van der Waals surface area contributed by atoms with E-state index in [0.29, 0.717) is 16.8 Å². The summed E-state index contributed by atoms with van der Waals surface area (Å²) in [5.74, 6) is -3.69. The Morgan fingerprint density at radius 2 is 1.82 bits per heavy atom. The number of hydrogen-bond acceptors (Lipinski definition) is 6. The molecule has 4 rings (SSSR count). The fraction of sp³-hybridized carbons (Fsp3) is 0.292. The molecule has 11 nitrogen and oxygen atoms in total. The Labute approximate surface area is 218 Å². The van der Waals surface area contributed by atoms with Gasteiger partial charge in [0.25, 0.3) is 11.5 Å². The Kier molecular flexibility index (Phi) is 10.1. The number of nitrogens with two attached hydrogens (primary N) is 1. The molecule has 6 N–H and O–H groups in total. The lowest BCUT2D eigenvalue weighted by Gasteiger charge is -2.27. The minimum Gasteiger partial charge on any atom is -0.506 e. The Bertz CT molecular complexity index is 1420. The number of quaternary nitrogens is 1. The van der Waals surface area contributed by atoms with Gasteiger partial charge in [-0.3, -0.25) is 28.7 Å². The number of carboxylic acid groups (broad SMARTS) is 1. The van der Waals surface area contributed by atoms with Crippen LogP contribution < -0.4 is 21.7 Å². The summed E-state index contributed by atoms with van der Waals surface area (Å²) < 4.78 is 50.4. The van der Waals surface area contributed by atoms with Gasteiger partial charge < -0.3 is 20.8 Å². The number of benzene rings is 1. The quantitative estimate of drug-likeness (QED) is 0.185. The number of halogens is 4. The lowest BCUT2D eigenvalue weighted by molar-refractivity contribution is -0.577. The number of aromatic nitrogens is 2. The number of hydrogen-bond donors (Lipinski definition) is 5. The summed E-state index contributed by atoms with van der Waals surface area (Å²) >= 11 is 0. The summed E-state index contributed by atoms with van der Waals surface area (Å²) in [6, 6.07) is 6.02. The molecular formula is C24H26F4N5O6+. The van der Waals surface area contributed by atoms with E-state index in [1.807, 2.05) is 13.8 Å². The highest BCUT2D eigenvalue weighted by atomic mass is 19.4. The van der Waals surface area contributed by atoms with Crippen molar-refractivity contribution < 1.29 is 47.6 Å². The molecule has 39 heavy (non-hydrogen) atoms. The number of aliphatic carboxylic acids is 1. The molecule has 1 aliphatic heterocycles. The van der Waals surface area contributed by atoms with Crippen LogP contribution in [0, 0.1) is 0 Å². The van der Waals surface area contributed by atoms with Crippen molar-refractivity contribution in [1.29, 1.82) is 0 Å². The molecule has 0 saturated heterocycles. The fourth-order valence-corrected chi connectivity index (χ4v) is 3.79. The molecule has 0 aliphatic carbocycles. The average molecular weight is 556 g/mol. The van der Waals surface area contributed by atoms with Gasteiger partial charge in [0, 0.05) is 24.6 Å². The minimum atomic E-state index is -4.62. The van der Waals surface area contributed by atoms with Gasteiger partial charge in [-0.2, -0.15) is 18.7 Å². The summed E-state index contributed by atoms with van der Waals surface area (Å²) in [6.07, 6.45) is -3.60. The number of carbonyl (C=O) groups is 3.